The summed E-state index contributed by atoms with van der Waals surface area (Å²) in [6, 6.07) is 0. The lowest BCUT2D eigenvalue weighted by molar-refractivity contribution is -0.135. The van der Waals surface area contributed by atoms with E-state index in [1.54, 1.807) is 0 Å². The van der Waals surface area contributed by atoms with Gasteiger partial charge in [-0.2, -0.15) is 37.9 Å². The van der Waals surface area contributed by atoms with Gasteiger partial charge in [-0.3, -0.25) is 14.4 Å². The molecule has 140 valence electrons. The summed E-state index contributed by atoms with van der Waals surface area (Å²) in [6.45, 7) is 0. The Labute approximate surface area is 169 Å². The van der Waals surface area contributed by atoms with E-state index in [4.69, 9.17) is 15.3 Å². The van der Waals surface area contributed by atoms with E-state index in [1.807, 2.05) is 0 Å². The van der Waals surface area contributed by atoms with Gasteiger partial charge in [-0.25, -0.2) is 0 Å². The van der Waals surface area contributed by atoms with Gasteiger partial charge in [-0.05, 0) is 19.3 Å². The molecule has 12 heteroatoms. The minimum absolute atomic E-state index is 0.0509. The van der Waals surface area contributed by atoms with Gasteiger partial charge < -0.3 is 15.3 Å². The van der Waals surface area contributed by atoms with Crippen LogP contribution in [0, 0.1) is 0 Å². The number of hydrogen-bond donors (Lipinski definition) is 6. The summed E-state index contributed by atoms with van der Waals surface area (Å²) in [7, 11) is 0. The number of carboxylic acid groups (broad SMARTS) is 3. The molecule has 0 aliphatic rings. The van der Waals surface area contributed by atoms with Crippen molar-refractivity contribution in [2.75, 3.05) is 17.3 Å². The van der Waals surface area contributed by atoms with Crippen molar-refractivity contribution in [2.24, 2.45) is 0 Å². The van der Waals surface area contributed by atoms with Crippen molar-refractivity contribution in [1.29, 1.82) is 0 Å². The zero-order valence-electron chi connectivity index (χ0n) is 12.5. The molecule has 0 bridgehead atoms. The van der Waals surface area contributed by atoms with E-state index in [1.165, 1.54) is 11.8 Å². The van der Waals surface area contributed by atoms with E-state index in [-0.39, 0.29) is 27.1 Å². The number of thiol groups is 3. The lowest BCUT2D eigenvalue weighted by Crippen LogP contribution is -2.20. The van der Waals surface area contributed by atoms with Crippen LogP contribution in [0.1, 0.15) is 19.3 Å². The molecule has 0 saturated carbocycles. The summed E-state index contributed by atoms with van der Waals surface area (Å²) < 4.78 is -1.05. The lowest BCUT2D eigenvalue weighted by atomic mass is 10.2. The predicted octanol–water partition coefficient (Wildman–Crippen LogP) is 2.75. The van der Waals surface area contributed by atoms with E-state index in [2.05, 4.69) is 37.9 Å². The fraction of sp³-hybridized carbons (Fsp3) is 0.750. The molecular weight excluding hydrogens is 433 g/mol. The van der Waals surface area contributed by atoms with E-state index < -0.39 is 21.3 Å². The normalized spacial score (nSPS) is 14.1. The Hall–Kier alpha value is 0.510. The summed E-state index contributed by atoms with van der Waals surface area (Å²) >= 11 is 16.5. The van der Waals surface area contributed by atoms with E-state index >= 15 is 0 Å². The van der Waals surface area contributed by atoms with Crippen LogP contribution >= 0.6 is 73.2 Å². The summed E-state index contributed by atoms with van der Waals surface area (Å²) in [5.41, 5.74) is 0. The number of aliphatic carboxylic acids is 3. The van der Waals surface area contributed by atoms with Crippen LogP contribution in [0.2, 0.25) is 0 Å². The molecule has 0 radical (unpaired) electrons. The first-order valence-corrected chi connectivity index (χ1v) is 11.2. The molecule has 0 heterocycles. The third kappa shape index (κ3) is 12.8. The molecule has 0 fully saturated rings. The summed E-state index contributed by atoms with van der Waals surface area (Å²) in [4.78, 5) is 32.0. The van der Waals surface area contributed by atoms with Crippen LogP contribution < -0.4 is 0 Å². The Kier molecular flexibility index (Phi) is 13.1. The fourth-order valence-electron chi connectivity index (χ4n) is 1.48. The lowest BCUT2D eigenvalue weighted by Gasteiger charge is -2.27. The molecular formula is C12H20O6S6. The maximum Gasteiger partial charge on any atom is 0.313 e. The molecule has 0 aliphatic heterocycles. The minimum Gasteiger partial charge on any atom is -0.481 e. The Bertz CT molecular complexity index is 416. The van der Waals surface area contributed by atoms with E-state index in [0.29, 0.717) is 19.3 Å². The average Bonchev–Trinajstić information content (AvgIpc) is 2.48. The average molecular weight is 453 g/mol. The van der Waals surface area contributed by atoms with E-state index in [0.717, 1.165) is 23.5 Å². The second-order valence-electron chi connectivity index (χ2n) is 4.63. The molecule has 2 atom stereocenters. The highest BCUT2D eigenvalue weighted by molar-refractivity contribution is 8.29. The van der Waals surface area contributed by atoms with Gasteiger partial charge in [0, 0.05) is 5.25 Å². The molecule has 6 nitrogen and oxygen atoms in total. The molecule has 0 spiro atoms. The molecule has 0 aromatic carbocycles. The molecule has 2 unspecified atom stereocenters. The first kappa shape index (κ1) is 24.5. The van der Waals surface area contributed by atoms with Crippen LogP contribution in [-0.2, 0) is 14.4 Å². The van der Waals surface area contributed by atoms with Gasteiger partial charge in [0.25, 0.3) is 0 Å². The van der Waals surface area contributed by atoms with Gasteiger partial charge >= 0.3 is 17.9 Å². The fourth-order valence-corrected chi connectivity index (χ4v) is 5.47. The summed E-state index contributed by atoms with van der Waals surface area (Å²) in [5, 5.41) is 26.1. The van der Waals surface area contributed by atoms with Crippen molar-refractivity contribution in [2.45, 2.75) is 32.5 Å². The topological polar surface area (TPSA) is 112 Å². The molecule has 0 rings (SSSR count). The zero-order chi connectivity index (χ0) is 18.8. The van der Waals surface area contributed by atoms with Crippen LogP contribution in [0.4, 0.5) is 0 Å². The highest BCUT2D eigenvalue weighted by atomic mass is 32.3. The molecule has 0 aromatic heterocycles. The third-order valence-corrected chi connectivity index (χ3v) is 9.22. The Morgan fingerprint density at radius 1 is 0.917 bits per heavy atom. The molecule has 0 amide bonds. The van der Waals surface area contributed by atoms with Crippen LogP contribution in [0.25, 0.3) is 0 Å². The van der Waals surface area contributed by atoms with Crippen molar-refractivity contribution >= 4 is 91.1 Å². The number of rotatable bonds is 14. The maximum atomic E-state index is 10.7. The van der Waals surface area contributed by atoms with Gasteiger partial charge in [-0.15, -0.1) is 35.3 Å². The van der Waals surface area contributed by atoms with Crippen molar-refractivity contribution in [3.63, 3.8) is 0 Å². The number of carboxylic acids is 3. The molecule has 0 saturated heterocycles. The van der Waals surface area contributed by atoms with Gasteiger partial charge in [0.05, 0.1) is 21.8 Å². The maximum absolute atomic E-state index is 10.7. The summed E-state index contributed by atoms with van der Waals surface area (Å²) in [5.74, 6) is -3.26. The van der Waals surface area contributed by atoms with Gasteiger partial charge in [-0.1, -0.05) is 0 Å². The van der Waals surface area contributed by atoms with Crippen molar-refractivity contribution in [3.8, 4) is 0 Å². The van der Waals surface area contributed by atoms with Crippen LogP contribution in [-0.4, -0.2) is 63.7 Å². The number of carbonyl (C=O) groups is 3. The smallest absolute Gasteiger partial charge is 0.313 e. The monoisotopic (exact) mass is 452 g/mol. The van der Waals surface area contributed by atoms with Gasteiger partial charge in [0.15, 0.2) is 0 Å². The minimum atomic E-state index is -0.984. The molecule has 0 aromatic rings. The van der Waals surface area contributed by atoms with Crippen molar-refractivity contribution in [1.82, 2.24) is 0 Å². The van der Waals surface area contributed by atoms with Gasteiger partial charge in [0.1, 0.15) is 3.41 Å². The zero-order valence-corrected chi connectivity index (χ0v) is 17.7. The highest BCUT2D eigenvalue weighted by Crippen LogP contribution is 2.45. The quantitative estimate of drug-likeness (QED) is 0.175. The van der Waals surface area contributed by atoms with Crippen molar-refractivity contribution < 1.29 is 29.7 Å². The predicted molar refractivity (Wildman–Crippen MR) is 111 cm³/mol. The second kappa shape index (κ2) is 12.8. The van der Waals surface area contributed by atoms with Crippen molar-refractivity contribution in [3.05, 3.63) is 0 Å². The third-order valence-electron chi connectivity index (χ3n) is 2.54. The molecule has 3 N–H and O–H groups in total. The summed E-state index contributed by atoms with van der Waals surface area (Å²) in [6.07, 6.45) is 1.77. The SMILES string of the molecule is O=C(O)CSC(S)C(S)CCCC(S)(SCC(=O)O)SCC(=O)O. The standard InChI is InChI=1S/C12H20O6S6/c13-8(14)4-22-11(20)7(19)2-1-3-12(21,23-5-9(15)16)24-6-10(17)18/h7,11,19-21H,1-6H2,(H,13,14)(H,15,16)(H,17,18). The molecule has 0 aliphatic carbocycles. The number of thioether (sulfide) groups is 3. The highest BCUT2D eigenvalue weighted by Gasteiger charge is 2.29. The largest absolute Gasteiger partial charge is 0.481 e. The Morgan fingerprint density at radius 2 is 1.38 bits per heavy atom. The van der Waals surface area contributed by atoms with E-state index in [9.17, 15) is 14.4 Å². The van der Waals surface area contributed by atoms with Crippen LogP contribution in [0.3, 0.4) is 0 Å². The Morgan fingerprint density at radius 3 is 1.79 bits per heavy atom. The first-order chi connectivity index (χ1) is 11.1. The Balaban J connectivity index is 4.39. The first-order valence-electron chi connectivity index (χ1n) is 6.69. The number of hydrogen-bond acceptors (Lipinski definition) is 9. The van der Waals surface area contributed by atoms with Crippen LogP contribution in [0.15, 0.2) is 0 Å². The van der Waals surface area contributed by atoms with Gasteiger partial charge in [0.2, 0.25) is 0 Å². The molecule has 24 heavy (non-hydrogen) atoms. The van der Waals surface area contributed by atoms with Crippen LogP contribution in [0.5, 0.6) is 0 Å². The second-order valence-corrected chi connectivity index (χ2v) is 11.5.